The zero-order chi connectivity index (χ0) is 19.2. The van der Waals surface area contributed by atoms with Crippen LogP contribution in [0.1, 0.15) is 25.0 Å². The molecule has 0 spiro atoms. The van der Waals surface area contributed by atoms with Crippen LogP contribution in [0.5, 0.6) is 0 Å². The van der Waals surface area contributed by atoms with Crippen LogP contribution in [0.4, 0.5) is 18.9 Å². The Morgan fingerprint density at radius 2 is 1.96 bits per heavy atom. The van der Waals surface area contributed by atoms with Crippen molar-refractivity contribution in [1.29, 1.82) is 0 Å². The second-order valence-electron chi connectivity index (χ2n) is 5.50. The molecule has 138 valence electrons. The van der Waals surface area contributed by atoms with Crippen LogP contribution >= 0.6 is 11.8 Å². The minimum absolute atomic E-state index is 0.0406. The van der Waals surface area contributed by atoms with Crippen LogP contribution in [0.2, 0.25) is 0 Å². The molecule has 1 fully saturated rings. The number of amidine groups is 1. The molecule has 0 radical (unpaired) electrons. The lowest BCUT2D eigenvalue weighted by Crippen LogP contribution is -2.31. The van der Waals surface area contributed by atoms with Crippen molar-refractivity contribution in [2.75, 3.05) is 17.7 Å². The summed E-state index contributed by atoms with van der Waals surface area (Å²) in [5.41, 5.74) is -0.659. The van der Waals surface area contributed by atoms with E-state index in [-0.39, 0.29) is 23.0 Å². The molecule has 25 heavy (non-hydrogen) atoms. The summed E-state index contributed by atoms with van der Waals surface area (Å²) in [6.07, 6.45) is -4.39. The Balaban J connectivity index is 0.000000550. The molecule has 0 bridgehead atoms. The van der Waals surface area contributed by atoms with Crippen molar-refractivity contribution in [3.05, 3.63) is 29.3 Å². The SMILES string of the molecule is CNC(C)C.Cc1ccc(C(F)(F)F)c(N2C(=O)CSC2=NC=O)c1. The van der Waals surface area contributed by atoms with Gasteiger partial charge in [-0.3, -0.25) is 14.5 Å². The van der Waals surface area contributed by atoms with Crippen LogP contribution in [-0.2, 0) is 15.8 Å². The molecule has 5 nitrogen and oxygen atoms in total. The molecule has 0 atom stereocenters. The lowest BCUT2D eigenvalue weighted by molar-refractivity contribution is -0.137. The van der Waals surface area contributed by atoms with Crippen LogP contribution < -0.4 is 10.2 Å². The van der Waals surface area contributed by atoms with Gasteiger partial charge in [0, 0.05) is 6.04 Å². The first-order chi connectivity index (χ1) is 11.6. The summed E-state index contributed by atoms with van der Waals surface area (Å²) >= 11 is 0.931. The van der Waals surface area contributed by atoms with E-state index in [2.05, 4.69) is 24.2 Å². The molecule has 1 N–H and O–H groups in total. The number of benzene rings is 1. The standard InChI is InChI=1S/C12H9F3N2O2S.C4H11N/c1-7-2-3-8(12(13,14)15)9(4-7)17-10(19)5-20-11(17)16-6-18;1-4(2)5-3/h2-4,6H,5H2,1H3;4-5H,1-3H3. The molecule has 1 aromatic rings. The van der Waals surface area contributed by atoms with Crippen molar-refractivity contribution in [2.45, 2.75) is 33.0 Å². The van der Waals surface area contributed by atoms with Gasteiger partial charge in [0.15, 0.2) is 5.17 Å². The number of carbonyl (C=O) groups excluding carboxylic acids is 2. The molecule has 1 aliphatic rings. The maximum atomic E-state index is 13.0. The first-order valence-corrected chi connectivity index (χ1v) is 8.42. The fraction of sp³-hybridized carbons (Fsp3) is 0.438. The van der Waals surface area contributed by atoms with Gasteiger partial charge in [0.2, 0.25) is 12.3 Å². The maximum absolute atomic E-state index is 13.0. The number of alkyl halides is 3. The molecule has 0 unspecified atom stereocenters. The lowest BCUT2D eigenvalue weighted by atomic mass is 10.1. The van der Waals surface area contributed by atoms with E-state index < -0.39 is 17.6 Å². The summed E-state index contributed by atoms with van der Waals surface area (Å²) < 4.78 is 39.1. The molecule has 0 aliphatic carbocycles. The Morgan fingerprint density at radius 1 is 1.36 bits per heavy atom. The quantitative estimate of drug-likeness (QED) is 0.824. The topological polar surface area (TPSA) is 61.8 Å². The minimum atomic E-state index is -4.59. The van der Waals surface area contributed by atoms with Crippen LogP contribution in [0.25, 0.3) is 0 Å². The normalized spacial score (nSPS) is 16.2. The van der Waals surface area contributed by atoms with E-state index in [0.29, 0.717) is 11.6 Å². The van der Waals surface area contributed by atoms with Crippen molar-refractivity contribution in [2.24, 2.45) is 4.99 Å². The Labute approximate surface area is 148 Å². The van der Waals surface area contributed by atoms with Crippen molar-refractivity contribution in [3.63, 3.8) is 0 Å². The number of aliphatic imine (C=N–C) groups is 1. The second kappa shape index (κ2) is 9.00. The van der Waals surface area contributed by atoms with Gasteiger partial charge in [-0.2, -0.15) is 18.2 Å². The van der Waals surface area contributed by atoms with E-state index in [0.717, 1.165) is 22.7 Å². The monoisotopic (exact) mass is 375 g/mol. The Morgan fingerprint density at radius 3 is 2.44 bits per heavy atom. The van der Waals surface area contributed by atoms with Crippen LogP contribution in [0, 0.1) is 6.92 Å². The number of aryl methyl sites for hydroxylation is 1. The van der Waals surface area contributed by atoms with Crippen LogP contribution in [0.15, 0.2) is 23.2 Å². The number of anilines is 1. The highest BCUT2D eigenvalue weighted by atomic mass is 32.2. The Kier molecular flexibility index (Phi) is 7.62. The number of carbonyl (C=O) groups is 2. The number of hydrogen-bond donors (Lipinski definition) is 1. The molecule has 1 heterocycles. The number of nitrogens with one attached hydrogen (secondary N) is 1. The smallest absolute Gasteiger partial charge is 0.318 e. The number of amides is 2. The molecule has 2 amide bonds. The third-order valence-corrected chi connectivity index (χ3v) is 4.14. The van der Waals surface area contributed by atoms with Crippen molar-refractivity contribution < 1.29 is 22.8 Å². The summed E-state index contributed by atoms with van der Waals surface area (Å²) in [4.78, 5) is 26.5. The predicted octanol–water partition coefficient (Wildman–Crippen LogP) is 3.22. The fourth-order valence-corrected chi connectivity index (χ4v) is 2.63. The molecule has 0 aromatic heterocycles. The second-order valence-corrected chi connectivity index (χ2v) is 6.44. The summed E-state index contributed by atoms with van der Waals surface area (Å²) in [5, 5.41) is 2.99. The molecule has 1 aromatic carbocycles. The zero-order valence-corrected chi connectivity index (χ0v) is 15.2. The van der Waals surface area contributed by atoms with Crippen LogP contribution in [-0.4, -0.2) is 36.3 Å². The van der Waals surface area contributed by atoms with Crippen molar-refractivity contribution in [1.82, 2.24) is 5.32 Å². The number of rotatable bonds is 3. The van der Waals surface area contributed by atoms with E-state index in [1.54, 1.807) is 6.92 Å². The average molecular weight is 375 g/mol. The largest absolute Gasteiger partial charge is 0.418 e. The minimum Gasteiger partial charge on any atom is -0.318 e. The molecule has 9 heteroatoms. The van der Waals surface area contributed by atoms with Gasteiger partial charge in [0.1, 0.15) is 0 Å². The molecular weight excluding hydrogens is 355 g/mol. The predicted molar refractivity (Wildman–Crippen MR) is 93.8 cm³/mol. The lowest BCUT2D eigenvalue weighted by Gasteiger charge is -2.21. The Hall–Kier alpha value is -1.87. The van der Waals surface area contributed by atoms with Gasteiger partial charge in [-0.1, -0.05) is 31.7 Å². The third kappa shape index (κ3) is 5.86. The summed E-state index contributed by atoms with van der Waals surface area (Å²) in [5.74, 6) is -0.579. The van der Waals surface area contributed by atoms with E-state index in [1.165, 1.54) is 12.1 Å². The van der Waals surface area contributed by atoms with Crippen molar-refractivity contribution >= 4 is 34.9 Å². The summed E-state index contributed by atoms with van der Waals surface area (Å²) in [6, 6.07) is 4.12. The van der Waals surface area contributed by atoms with Gasteiger partial charge >= 0.3 is 6.18 Å². The molecule has 1 aliphatic heterocycles. The van der Waals surface area contributed by atoms with Gasteiger partial charge < -0.3 is 5.32 Å². The first-order valence-electron chi connectivity index (χ1n) is 7.44. The van der Waals surface area contributed by atoms with Gasteiger partial charge in [-0.05, 0) is 31.7 Å². The highest BCUT2D eigenvalue weighted by Crippen LogP contribution is 2.39. The van der Waals surface area contributed by atoms with Crippen molar-refractivity contribution in [3.8, 4) is 0 Å². The number of thioether (sulfide) groups is 1. The number of halogens is 3. The third-order valence-electron chi connectivity index (χ3n) is 3.21. The Bertz CT molecular complexity index is 661. The van der Waals surface area contributed by atoms with E-state index in [9.17, 15) is 22.8 Å². The van der Waals surface area contributed by atoms with Gasteiger partial charge in [0.05, 0.1) is 17.0 Å². The highest BCUT2D eigenvalue weighted by Gasteiger charge is 2.39. The van der Waals surface area contributed by atoms with Gasteiger partial charge in [-0.25, -0.2) is 0 Å². The highest BCUT2D eigenvalue weighted by molar-refractivity contribution is 8.15. The molecule has 0 saturated carbocycles. The average Bonchev–Trinajstić information content (AvgIpc) is 2.87. The zero-order valence-electron chi connectivity index (χ0n) is 14.3. The first kappa shape index (κ1) is 21.2. The van der Waals surface area contributed by atoms with E-state index in [4.69, 9.17) is 0 Å². The summed E-state index contributed by atoms with van der Waals surface area (Å²) in [7, 11) is 1.95. The number of hydrogen-bond acceptors (Lipinski definition) is 4. The van der Waals surface area contributed by atoms with Gasteiger partial charge in [-0.15, -0.1) is 0 Å². The van der Waals surface area contributed by atoms with E-state index >= 15 is 0 Å². The fourth-order valence-electron chi connectivity index (χ4n) is 1.81. The molecule has 2 rings (SSSR count). The van der Waals surface area contributed by atoms with E-state index in [1.807, 2.05) is 7.05 Å². The van der Waals surface area contributed by atoms with Crippen LogP contribution in [0.3, 0.4) is 0 Å². The maximum Gasteiger partial charge on any atom is 0.418 e. The number of nitrogens with zero attached hydrogens (tertiary/aromatic N) is 2. The van der Waals surface area contributed by atoms with Gasteiger partial charge in [0.25, 0.3) is 0 Å². The summed E-state index contributed by atoms with van der Waals surface area (Å²) in [6.45, 7) is 5.84. The molecular formula is C16H20F3N3O2S. The molecule has 1 saturated heterocycles.